The number of carboxylic acid groups (broad SMARTS) is 1. The van der Waals surface area contributed by atoms with E-state index in [0.717, 1.165) is 6.08 Å². The fourth-order valence-corrected chi connectivity index (χ4v) is 0. The van der Waals surface area contributed by atoms with Crippen LogP contribution in [0, 0.1) is 0 Å². The summed E-state index contributed by atoms with van der Waals surface area (Å²) in [5.74, 6) is -0.981. The van der Waals surface area contributed by atoms with E-state index >= 15 is 0 Å². The predicted octanol–water partition coefficient (Wildman–Crippen LogP) is 0.678. The van der Waals surface area contributed by atoms with E-state index in [2.05, 4.69) is 19.7 Å². The van der Waals surface area contributed by atoms with Crippen LogP contribution in [-0.2, 0) is 4.79 Å². The summed E-state index contributed by atoms with van der Waals surface area (Å²) in [4.78, 5) is 9.25. The third-order valence-electron chi connectivity index (χ3n) is 0.175. The molecule has 0 aliphatic carbocycles. The van der Waals surface area contributed by atoms with Crippen molar-refractivity contribution in [2.45, 2.75) is 0 Å². The van der Waals surface area contributed by atoms with Crippen molar-refractivity contribution in [1.82, 2.24) is 0 Å². The first-order valence-electron chi connectivity index (χ1n) is 1.62. The zero-order valence-corrected chi connectivity index (χ0v) is 8.18. The average Bonchev–Trinajstić information content (AvgIpc) is 1.73. The molecule has 0 rings (SSSR count). The van der Waals surface area contributed by atoms with Crippen molar-refractivity contribution in [3.63, 3.8) is 0 Å². The number of carboxylic acids is 1. The van der Waals surface area contributed by atoms with Crippen LogP contribution in [-0.4, -0.2) is 62.5 Å². The van der Waals surface area contributed by atoms with E-state index < -0.39 is 5.97 Å². The second-order valence-electron chi connectivity index (χ2n) is 0.542. The third kappa shape index (κ3) is 30.7. The maximum atomic E-state index is 9.25. The molecule has 0 aliphatic heterocycles. The molecule has 1 N–H and O–H groups in total. The van der Waals surface area contributed by atoms with Crippen LogP contribution in [0.1, 0.15) is 0 Å². The van der Waals surface area contributed by atoms with Gasteiger partial charge in [0.1, 0.15) is 0 Å². The molecule has 0 bridgehead atoms. The molecule has 0 aliphatic rings. The van der Waals surface area contributed by atoms with Gasteiger partial charge in [-0.25, -0.2) is 4.79 Å². The van der Waals surface area contributed by atoms with Crippen LogP contribution in [0.15, 0.2) is 25.8 Å². The minimum absolute atomic E-state index is 0. The standard InChI is InChI=1S/C3H4O2.C2H4.K/c1-2-3(4)5;1-2;/h2H,1H2,(H,4,5);1-2H2;. The van der Waals surface area contributed by atoms with E-state index in [9.17, 15) is 4.79 Å². The fraction of sp³-hybridized carbons (Fsp3) is 0. The first-order chi connectivity index (χ1) is 3.27. The molecule has 41 valence electrons. The molecule has 8 heavy (non-hydrogen) atoms. The van der Waals surface area contributed by atoms with Gasteiger partial charge in [-0.2, -0.15) is 0 Å². The topological polar surface area (TPSA) is 37.3 Å². The Bertz CT molecular complexity index is 70.8. The van der Waals surface area contributed by atoms with E-state index in [0.29, 0.717) is 0 Å². The van der Waals surface area contributed by atoms with E-state index in [1.807, 2.05) is 0 Å². The predicted molar refractivity (Wildman–Crippen MR) is 34.8 cm³/mol. The number of hydrogen-bond acceptors (Lipinski definition) is 1. The fourth-order valence-electron chi connectivity index (χ4n) is 0. The zero-order chi connectivity index (χ0) is 6.28. The summed E-state index contributed by atoms with van der Waals surface area (Å²) >= 11 is 0. The van der Waals surface area contributed by atoms with Crippen molar-refractivity contribution >= 4 is 57.4 Å². The van der Waals surface area contributed by atoms with E-state index in [4.69, 9.17) is 5.11 Å². The molecule has 0 aromatic carbocycles. The molecule has 0 heterocycles. The number of rotatable bonds is 1. The molecule has 0 amide bonds. The molecule has 0 saturated carbocycles. The summed E-state index contributed by atoms with van der Waals surface area (Å²) in [6.45, 7) is 8.96. The molecule has 0 saturated heterocycles. The first-order valence-corrected chi connectivity index (χ1v) is 1.62. The van der Waals surface area contributed by atoms with Crippen LogP contribution < -0.4 is 0 Å². The summed E-state index contributed by atoms with van der Waals surface area (Å²) in [5.41, 5.74) is 0. The molecule has 0 fully saturated rings. The van der Waals surface area contributed by atoms with Crippen LogP contribution in [0.3, 0.4) is 0 Å². The van der Waals surface area contributed by atoms with Crippen molar-refractivity contribution < 1.29 is 9.90 Å². The van der Waals surface area contributed by atoms with Crippen molar-refractivity contribution in [1.29, 1.82) is 0 Å². The Balaban J connectivity index is -0.0000000750. The van der Waals surface area contributed by atoms with Gasteiger partial charge in [-0.15, -0.1) is 13.2 Å². The van der Waals surface area contributed by atoms with Crippen LogP contribution in [0.2, 0.25) is 0 Å². The van der Waals surface area contributed by atoms with Gasteiger partial charge in [-0.3, -0.25) is 0 Å². The molecular formula is C5H8KO2. The van der Waals surface area contributed by atoms with E-state index in [1.165, 1.54) is 0 Å². The van der Waals surface area contributed by atoms with Gasteiger partial charge >= 0.3 is 5.97 Å². The van der Waals surface area contributed by atoms with Gasteiger partial charge in [0, 0.05) is 57.5 Å². The van der Waals surface area contributed by atoms with Gasteiger partial charge in [-0.1, -0.05) is 6.58 Å². The van der Waals surface area contributed by atoms with Crippen LogP contribution in [0.5, 0.6) is 0 Å². The number of hydrogen-bond donors (Lipinski definition) is 1. The maximum absolute atomic E-state index is 9.25. The quantitative estimate of drug-likeness (QED) is 0.329. The van der Waals surface area contributed by atoms with Crippen LogP contribution in [0.25, 0.3) is 0 Å². The molecule has 0 spiro atoms. The zero-order valence-electron chi connectivity index (χ0n) is 5.05. The maximum Gasteiger partial charge on any atom is 0.327 e. The van der Waals surface area contributed by atoms with E-state index in [-0.39, 0.29) is 51.4 Å². The Morgan fingerprint density at radius 1 is 1.50 bits per heavy atom. The monoisotopic (exact) mass is 139 g/mol. The summed E-state index contributed by atoms with van der Waals surface area (Å²) in [7, 11) is 0. The van der Waals surface area contributed by atoms with Crippen LogP contribution >= 0.6 is 0 Å². The Morgan fingerprint density at radius 2 is 1.62 bits per heavy atom. The average molecular weight is 139 g/mol. The number of carbonyl (C=O) groups is 1. The second-order valence-corrected chi connectivity index (χ2v) is 0.542. The normalized spacial score (nSPS) is 4.50. The van der Waals surface area contributed by atoms with Gasteiger partial charge in [0.05, 0.1) is 0 Å². The third-order valence-corrected chi connectivity index (χ3v) is 0.175. The molecule has 0 aromatic rings. The van der Waals surface area contributed by atoms with Crippen molar-refractivity contribution in [2.24, 2.45) is 0 Å². The Hall–Kier alpha value is 0.586. The molecular weight excluding hydrogens is 131 g/mol. The van der Waals surface area contributed by atoms with Gasteiger partial charge in [-0.05, 0) is 0 Å². The Morgan fingerprint density at radius 3 is 1.62 bits per heavy atom. The molecule has 2 nitrogen and oxygen atoms in total. The van der Waals surface area contributed by atoms with Crippen molar-refractivity contribution in [3.8, 4) is 0 Å². The van der Waals surface area contributed by atoms with Gasteiger partial charge in [0.25, 0.3) is 0 Å². The van der Waals surface area contributed by atoms with Gasteiger partial charge < -0.3 is 5.11 Å². The summed E-state index contributed by atoms with van der Waals surface area (Å²) in [6.07, 6.45) is 0.833. The SMILES string of the molecule is C=C.C=CC(=O)O.[K]. The largest absolute Gasteiger partial charge is 0.478 e. The number of aliphatic carboxylic acids is 1. The minimum atomic E-state index is -0.981. The Kier molecular flexibility index (Phi) is 31.0. The Labute approximate surface area is 91.7 Å². The van der Waals surface area contributed by atoms with Crippen molar-refractivity contribution in [2.75, 3.05) is 0 Å². The van der Waals surface area contributed by atoms with Crippen LogP contribution in [0.4, 0.5) is 0 Å². The smallest absolute Gasteiger partial charge is 0.327 e. The summed E-state index contributed by atoms with van der Waals surface area (Å²) in [5, 5.41) is 7.60. The second kappa shape index (κ2) is 15.6. The molecule has 0 atom stereocenters. The minimum Gasteiger partial charge on any atom is -0.478 e. The van der Waals surface area contributed by atoms with Gasteiger partial charge in [0.15, 0.2) is 0 Å². The molecule has 3 heteroatoms. The van der Waals surface area contributed by atoms with Crippen molar-refractivity contribution in [3.05, 3.63) is 25.8 Å². The molecule has 1 radical (unpaired) electrons. The van der Waals surface area contributed by atoms with Gasteiger partial charge in [0.2, 0.25) is 0 Å². The first kappa shape index (κ1) is 15.8. The van der Waals surface area contributed by atoms with E-state index in [1.54, 1.807) is 0 Å². The molecule has 0 unspecified atom stereocenters. The summed E-state index contributed by atoms with van der Waals surface area (Å²) < 4.78 is 0. The summed E-state index contributed by atoms with van der Waals surface area (Å²) in [6, 6.07) is 0. The molecule has 0 aromatic heterocycles.